The number of morpholine rings is 1. The summed E-state index contributed by atoms with van der Waals surface area (Å²) < 4.78 is 33.9. The molecule has 2 aliphatic heterocycles. The van der Waals surface area contributed by atoms with Gasteiger partial charge in [0.25, 0.3) is 0 Å². The number of halogens is 2. The van der Waals surface area contributed by atoms with Crippen LogP contribution in [0.15, 0.2) is 36.5 Å². The molecule has 178 valence electrons. The van der Waals surface area contributed by atoms with E-state index in [0.717, 1.165) is 11.1 Å². The van der Waals surface area contributed by atoms with Crippen LogP contribution in [0.25, 0.3) is 22.4 Å². The predicted octanol–water partition coefficient (Wildman–Crippen LogP) is 4.59. The lowest BCUT2D eigenvalue weighted by atomic mass is 10.1. The van der Waals surface area contributed by atoms with Gasteiger partial charge in [0.2, 0.25) is 0 Å². The highest BCUT2D eigenvalue weighted by Crippen LogP contribution is 2.45. The SMILES string of the molecule is C=C1COc2c(cc(F)c(-c3nc4cc(C)ccc4n3C[C@H]3CN(C(=O)OC)CCO3)c2Cl)N1. The van der Waals surface area contributed by atoms with Crippen LogP contribution in [0, 0.1) is 12.7 Å². The van der Waals surface area contributed by atoms with Gasteiger partial charge in [0.15, 0.2) is 5.75 Å². The number of imidazole rings is 1. The van der Waals surface area contributed by atoms with E-state index in [1.807, 2.05) is 29.7 Å². The van der Waals surface area contributed by atoms with Gasteiger partial charge in [0, 0.05) is 18.3 Å². The highest BCUT2D eigenvalue weighted by Gasteiger charge is 2.30. The minimum Gasteiger partial charge on any atom is -0.484 e. The zero-order valence-corrected chi connectivity index (χ0v) is 19.6. The van der Waals surface area contributed by atoms with Crippen LogP contribution in [0.2, 0.25) is 5.02 Å². The van der Waals surface area contributed by atoms with E-state index in [1.165, 1.54) is 13.2 Å². The van der Waals surface area contributed by atoms with Gasteiger partial charge in [-0.15, -0.1) is 0 Å². The van der Waals surface area contributed by atoms with Crippen LogP contribution >= 0.6 is 11.6 Å². The number of hydrogen-bond donors (Lipinski definition) is 1. The molecule has 1 atom stereocenters. The van der Waals surface area contributed by atoms with E-state index in [1.54, 1.807) is 4.90 Å². The lowest BCUT2D eigenvalue weighted by molar-refractivity contribution is -0.0310. The normalized spacial score (nSPS) is 17.8. The monoisotopic (exact) mass is 486 g/mol. The maximum atomic E-state index is 15.5. The number of benzene rings is 2. The van der Waals surface area contributed by atoms with Crippen molar-refractivity contribution in [2.75, 3.05) is 38.7 Å². The molecule has 1 fully saturated rings. The van der Waals surface area contributed by atoms with Crippen LogP contribution in [0.4, 0.5) is 14.9 Å². The molecule has 0 saturated carbocycles. The second-order valence-electron chi connectivity index (χ2n) is 8.39. The van der Waals surface area contributed by atoms with Gasteiger partial charge in [-0.1, -0.05) is 24.2 Å². The lowest BCUT2D eigenvalue weighted by Gasteiger charge is -2.32. The van der Waals surface area contributed by atoms with Gasteiger partial charge in [-0.25, -0.2) is 14.2 Å². The molecule has 3 heterocycles. The third kappa shape index (κ3) is 3.95. The number of aromatic nitrogens is 2. The summed E-state index contributed by atoms with van der Waals surface area (Å²) in [7, 11) is 1.35. The Hall–Kier alpha value is -3.30. The minimum atomic E-state index is -0.538. The molecular formula is C24H24ClFN4O4. The molecule has 0 unspecified atom stereocenters. The standard InChI is InChI=1S/C24H24ClFN4O4/c1-13-4-5-19-17(8-13)28-23(30(19)11-15-10-29(6-7-33-15)24(31)32-3)20-16(26)9-18-22(21(20)25)34-12-14(2)27-18/h4-5,8-9,15,27H,2,6-7,10-12H2,1,3H3/t15-/m1/s1. The summed E-state index contributed by atoms with van der Waals surface area (Å²) in [4.78, 5) is 18.4. The first-order chi connectivity index (χ1) is 16.4. The summed E-state index contributed by atoms with van der Waals surface area (Å²) in [5.74, 6) is 0.173. The molecule has 0 spiro atoms. The number of carbonyl (C=O) groups excluding carboxylic acids is 1. The van der Waals surface area contributed by atoms with E-state index in [-0.39, 0.29) is 23.3 Å². The maximum absolute atomic E-state index is 15.5. The first-order valence-electron chi connectivity index (χ1n) is 10.9. The van der Waals surface area contributed by atoms with Crippen molar-refractivity contribution in [2.45, 2.75) is 19.6 Å². The van der Waals surface area contributed by atoms with E-state index < -0.39 is 11.9 Å². The van der Waals surface area contributed by atoms with E-state index in [9.17, 15) is 4.79 Å². The van der Waals surface area contributed by atoms with Crippen molar-refractivity contribution < 1.29 is 23.4 Å². The molecule has 34 heavy (non-hydrogen) atoms. The van der Waals surface area contributed by atoms with Crippen LogP contribution in [0.3, 0.4) is 0 Å². The maximum Gasteiger partial charge on any atom is 0.409 e. The number of ether oxygens (including phenoxy) is 3. The summed E-state index contributed by atoms with van der Waals surface area (Å²) in [6, 6.07) is 7.18. The zero-order chi connectivity index (χ0) is 24.0. The van der Waals surface area contributed by atoms with Gasteiger partial charge >= 0.3 is 6.09 Å². The number of anilines is 1. The molecule has 1 N–H and O–H groups in total. The van der Waals surface area contributed by atoms with Crippen molar-refractivity contribution in [2.24, 2.45) is 0 Å². The van der Waals surface area contributed by atoms with Crippen molar-refractivity contribution in [3.05, 3.63) is 52.9 Å². The smallest absolute Gasteiger partial charge is 0.409 e. The molecule has 0 radical (unpaired) electrons. The largest absolute Gasteiger partial charge is 0.484 e. The van der Waals surface area contributed by atoms with Crippen molar-refractivity contribution in [1.29, 1.82) is 0 Å². The summed E-state index contributed by atoms with van der Waals surface area (Å²) in [5, 5.41) is 3.14. The van der Waals surface area contributed by atoms with E-state index in [4.69, 9.17) is 30.8 Å². The van der Waals surface area contributed by atoms with Crippen LogP contribution in [0.1, 0.15) is 5.56 Å². The topological polar surface area (TPSA) is 77.9 Å². The molecule has 0 bridgehead atoms. The summed E-state index contributed by atoms with van der Waals surface area (Å²) >= 11 is 6.68. The molecule has 1 amide bonds. The summed E-state index contributed by atoms with van der Waals surface area (Å²) in [6.45, 7) is 7.52. The Labute approximate surface area is 200 Å². The van der Waals surface area contributed by atoms with Crippen LogP contribution in [-0.4, -0.2) is 60.1 Å². The second-order valence-corrected chi connectivity index (χ2v) is 8.77. The molecule has 5 rings (SSSR count). The van der Waals surface area contributed by atoms with Crippen LogP contribution in [0.5, 0.6) is 5.75 Å². The summed E-state index contributed by atoms with van der Waals surface area (Å²) in [6.07, 6.45) is -0.749. The van der Waals surface area contributed by atoms with E-state index >= 15 is 4.39 Å². The molecule has 1 saturated heterocycles. The number of nitrogens with one attached hydrogen (secondary N) is 1. The van der Waals surface area contributed by atoms with Gasteiger partial charge < -0.3 is 29.0 Å². The molecule has 10 heteroatoms. The van der Waals surface area contributed by atoms with Crippen LogP contribution in [-0.2, 0) is 16.0 Å². The minimum absolute atomic E-state index is 0.129. The van der Waals surface area contributed by atoms with Gasteiger partial charge in [-0.05, 0) is 24.6 Å². The summed E-state index contributed by atoms with van der Waals surface area (Å²) in [5.41, 5.74) is 3.71. The highest BCUT2D eigenvalue weighted by atomic mass is 35.5. The molecule has 2 aromatic carbocycles. The Morgan fingerprint density at radius 3 is 3.03 bits per heavy atom. The quantitative estimate of drug-likeness (QED) is 0.583. The Kier molecular flexibility index (Phi) is 5.83. The zero-order valence-electron chi connectivity index (χ0n) is 18.9. The Bertz CT molecular complexity index is 1310. The fourth-order valence-corrected chi connectivity index (χ4v) is 4.70. The Morgan fingerprint density at radius 2 is 2.24 bits per heavy atom. The lowest BCUT2D eigenvalue weighted by Crippen LogP contribution is -2.47. The number of aryl methyl sites for hydroxylation is 1. The highest BCUT2D eigenvalue weighted by molar-refractivity contribution is 6.35. The van der Waals surface area contributed by atoms with Crippen molar-refractivity contribution in [3.8, 4) is 17.1 Å². The molecule has 8 nitrogen and oxygen atoms in total. The van der Waals surface area contributed by atoms with E-state index in [2.05, 4.69) is 11.9 Å². The number of carbonyl (C=O) groups is 1. The third-order valence-corrected chi connectivity index (χ3v) is 6.32. The van der Waals surface area contributed by atoms with E-state index in [0.29, 0.717) is 54.7 Å². The molecule has 0 aliphatic carbocycles. The van der Waals surface area contributed by atoms with Crippen LogP contribution < -0.4 is 10.1 Å². The average molecular weight is 487 g/mol. The molecule has 2 aliphatic rings. The first-order valence-corrected chi connectivity index (χ1v) is 11.2. The molecular weight excluding hydrogens is 463 g/mol. The fourth-order valence-electron chi connectivity index (χ4n) is 4.37. The third-order valence-electron chi connectivity index (χ3n) is 5.96. The average Bonchev–Trinajstić information content (AvgIpc) is 3.15. The molecule has 3 aromatic rings. The Balaban J connectivity index is 1.61. The number of hydrogen-bond acceptors (Lipinski definition) is 6. The second kappa shape index (κ2) is 8.81. The number of nitrogens with zero attached hydrogens (tertiary/aromatic N) is 3. The number of methoxy groups -OCH3 is 1. The number of fused-ring (bicyclic) bond motifs is 2. The predicted molar refractivity (Wildman–Crippen MR) is 127 cm³/mol. The first kappa shape index (κ1) is 22.5. The number of rotatable bonds is 3. The fraction of sp³-hybridized carbons (Fsp3) is 0.333. The van der Waals surface area contributed by atoms with Gasteiger partial charge in [0.1, 0.15) is 18.2 Å². The molecule has 1 aromatic heterocycles. The Morgan fingerprint density at radius 1 is 1.41 bits per heavy atom. The van der Waals surface area contributed by atoms with Gasteiger partial charge in [0.05, 0.1) is 60.2 Å². The van der Waals surface area contributed by atoms with Gasteiger partial charge in [-0.3, -0.25) is 0 Å². The van der Waals surface area contributed by atoms with Crippen molar-refractivity contribution >= 4 is 34.4 Å². The number of amides is 1. The van der Waals surface area contributed by atoms with Gasteiger partial charge in [-0.2, -0.15) is 0 Å². The van der Waals surface area contributed by atoms with Crippen molar-refractivity contribution in [1.82, 2.24) is 14.5 Å². The van der Waals surface area contributed by atoms with Crippen molar-refractivity contribution in [3.63, 3.8) is 0 Å².